The van der Waals surface area contributed by atoms with Crippen molar-refractivity contribution in [1.82, 2.24) is 9.69 Å². The molecule has 0 fully saturated rings. The summed E-state index contributed by atoms with van der Waals surface area (Å²) in [5.74, 6) is -0.415. The van der Waals surface area contributed by atoms with E-state index in [4.69, 9.17) is 5.73 Å². The number of carbonyl (C=O) groups excluding carboxylic acids is 2. The second-order valence-electron chi connectivity index (χ2n) is 4.03. The van der Waals surface area contributed by atoms with E-state index in [0.29, 0.717) is 16.3 Å². The number of anilines is 1. The first kappa shape index (κ1) is 14.4. The molecule has 18 heavy (non-hydrogen) atoms. The molecule has 1 heterocycles. The van der Waals surface area contributed by atoms with Crippen LogP contribution in [0.15, 0.2) is 0 Å². The second-order valence-corrected chi connectivity index (χ2v) is 4.80. The van der Waals surface area contributed by atoms with Crippen LogP contribution in [0.4, 0.5) is 9.80 Å². The van der Waals surface area contributed by atoms with Crippen LogP contribution in [0.3, 0.4) is 0 Å². The number of hydrogen-bond acceptors (Lipinski definition) is 4. The van der Waals surface area contributed by atoms with Crippen LogP contribution in [0.25, 0.3) is 0 Å². The quantitative estimate of drug-likeness (QED) is 0.762. The van der Waals surface area contributed by atoms with Crippen LogP contribution in [0.5, 0.6) is 0 Å². The Morgan fingerprint density at radius 3 is 2.67 bits per heavy atom. The number of urea groups is 1. The van der Waals surface area contributed by atoms with Crippen molar-refractivity contribution in [3.63, 3.8) is 0 Å². The third-order valence-corrected chi connectivity index (χ3v) is 3.38. The molecule has 0 aliphatic heterocycles. The van der Waals surface area contributed by atoms with E-state index in [2.05, 4.69) is 21.9 Å². The zero-order valence-corrected chi connectivity index (χ0v) is 11.6. The van der Waals surface area contributed by atoms with E-state index in [1.165, 1.54) is 7.05 Å². The Labute approximate surface area is 110 Å². The Kier molecular flexibility index (Phi) is 5.08. The van der Waals surface area contributed by atoms with Gasteiger partial charge in [0.05, 0.1) is 11.3 Å². The van der Waals surface area contributed by atoms with E-state index in [1.807, 2.05) is 6.92 Å². The first-order valence-corrected chi connectivity index (χ1v) is 6.56. The van der Waals surface area contributed by atoms with Gasteiger partial charge in [-0.15, -0.1) is 0 Å². The SMILES string of the molecule is CCCC(C)c1nsc(NC(=O)NC)c1C(N)=O. The summed E-state index contributed by atoms with van der Waals surface area (Å²) in [6.07, 6.45) is 1.92. The number of carbonyl (C=O) groups is 2. The minimum absolute atomic E-state index is 0.147. The van der Waals surface area contributed by atoms with Gasteiger partial charge in [0.1, 0.15) is 5.00 Å². The minimum Gasteiger partial charge on any atom is -0.365 e. The third kappa shape index (κ3) is 3.19. The van der Waals surface area contributed by atoms with Crippen molar-refractivity contribution in [2.75, 3.05) is 12.4 Å². The molecule has 0 aliphatic rings. The van der Waals surface area contributed by atoms with Crippen molar-refractivity contribution in [3.05, 3.63) is 11.3 Å². The molecule has 7 heteroatoms. The fourth-order valence-corrected chi connectivity index (χ4v) is 2.59. The van der Waals surface area contributed by atoms with Crippen LogP contribution in [0.2, 0.25) is 0 Å². The third-order valence-electron chi connectivity index (χ3n) is 2.61. The van der Waals surface area contributed by atoms with E-state index in [0.717, 1.165) is 24.4 Å². The van der Waals surface area contributed by atoms with Crippen molar-refractivity contribution in [2.45, 2.75) is 32.6 Å². The number of hydrogen-bond donors (Lipinski definition) is 3. The van der Waals surface area contributed by atoms with Crippen molar-refractivity contribution in [2.24, 2.45) is 5.73 Å². The molecule has 0 aliphatic carbocycles. The fraction of sp³-hybridized carbons (Fsp3) is 0.545. The Morgan fingerprint density at radius 2 is 2.17 bits per heavy atom. The van der Waals surface area contributed by atoms with Crippen molar-refractivity contribution in [3.8, 4) is 0 Å². The maximum atomic E-state index is 11.5. The summed E-state index contributed by atoms with van der Waals surface area (Å²) in [5, 5.41) is 5.39. The summed E-state index contributed by atoms with van der Waals surface area (Å²) in [6.45, 7) is 4.06. The summed E-state index contributed by atoms with van der Waals surface area (Å²) >= 11 is 1.08. The predicted molar refractivity (Wildman–Crippen MR) is 72.0 cm³/mol. The van der Waals surface area contributed by atoms with Gasteiger partial charge in [-0.3, -0.25) is 10.1 Å². The van der Waals surface area contributed by atoms with Gasteiger partial charge in [-0.2, -0.15) is 4.37 Å². The van der Waals surface area contributed by atoms with Crippen LogP contribution in [-0.2, 0) is 0 Å². The topological polar surface area (TPSA) is 97.1 Å². The molecule has 0 saturated carbocycles. The highest BCUT2D eigenvalue weighted by Gasteiger charge is 2.23. The number of rotatable bonds is 5. The molecule has 1 atom stereocenters. The van der Waals surface area contributed by atoms with Gasteiger partial charge >= 0.3 is 6.03 Å². The molecule has 0 radical (unpaired) electrons. The number of nitrogens with two attached hydrogens (primary N) is 1. The molecule has 1 rings (SSSR count). The first-order valence-electron chi connectivity index (χ1n) is 5.79. The second kappa shape index (κ2) is 6.34. The van der Waals surface area contributed by atoms with Gasteiger partial charge in [0.15, 0.2) is 0 Å². The van der Waals surface area contributed by atoms with E-state index < -0.39 is 11.9 Å². The lowest BCUT2D eigenvalue weighted by atomic mass is 9.98. The number of aromatic nitrogens is 1. The molecule has 100 valence electrons. The molecule has 0 bridgehead atoms. The number of nitrogens with one attached hydrogen (secondary N) is 2. The van der Waals surface area contributed by atoms with Gasteiger partial charge in [-0.1, -0.05) is 20.3 Å². The lowest BCUT2D eigenvalue weighted by Crippen LogP contribution is -2.25. The fourth-order valence-electron chi connectivity index (χ4n) is 1.70. The molecule has 0 spiro atoms. The molecule has 1 unspecified atom stereocenters. The first-order chi connectivity index (χ1) is 8.51. The monoisotopic (exact) mass is 270 g/mol. The van der Waals surface area contributed by atoms with E-state index >= 15 is 0 Å². The largest absolute Gasteiger partial charge is 0.365 e. The predicted octanol–water partition coefficient (Wildman–Crippen LogP) is 1.90. The molecule has 4 N–H and O–H groups in total. The highest BCUT2D eigenvalue weighted by molar-refractivity contribution is 7.11. The highest BCUT2D eigenvalue weighted by Crippen LogP contribution is 2.31. The van der Waals surface area contributed by atoms with Crippen LogP contribution < -0.4 is 16.4 Å². The minimum atomic E-state index is -0.562. The molecular weight excluding hydrogens is 252 g/mol. The van der Waals surface area contributed by atoms with Gasteiger partial charge in [0.25, 0.3) is 5.91 Å². The van der Waals surface area contributed by atoms with Crippen molar-refractivity contribution in [1.29, 1.82) is 0 Å². The summed E-state index contributed by atoms with van der Waals surface area (Å²) in [6, 6.07) is -0.393. The lowest BCUT2D eigenvalue weighted by molar-refractivity contribution is 0.1000. The van der Waals surface area contributed by atoms with Crippen LogP contribution >= 0.6 is 11.5 Å². The zero-order chi connectivity index (χ0) is 13.7. The number of nitrogens with zero attached hydrogens (tertiary/aromatic N) is 1. The standard InChI is InChI=1S/C11H18N4O2S/c1-4-5-6(2)8-7(9(12)16)10(18-15-8)14-11(17)13-3/h6H,4-5H2,1-3H3,(H2,12,16)(H2,13,14,17). The number of primary amides is 1. The van der Waals surface area contributed by atoms with Crippen LogP contribution in [0.1, 0.15) is 48.7 Å². The Morgan fingerprint density at radius 1 is 1.50 bits per heavy atom. The van der Waals surface area contributed by atoms with Gasteiger partial charge in [-0.25, -0.2) is 4.79 Å². The molecular formula is C11H18N4O2S. The van der Waals surface area contributed by atoms with Gasteiger partial charge in [0.2, 0.25) is 0 Å². The Bertz CT molecular complexity index is 444. The van der Waals surface area contributed by atoms with Crippen LogP contribution in [0, 0.1) is 0 Å². The normalized spacial score (nSPS) is 11.9. The molecule has 1 aromatic rings. The van der Waals surface area contributed by atoms with Crippen molar-refractivity contribution >= 4 is 28.5 Å². The van der Waals surface area contributed by atoms with E-state index in [9.17, 15) is 9.59 Å². The Hall–Kier alpha value is -1.63. The molecule has 0 saturated heterocycles. The van der Waals surface area contributed by atoms with Gasteiger partial charge in [0, 0.05) is 13.0 Å². The average Bonchev–Trinajstić information content (AvgIpc) is 2.73. The summed E-state index contributed by atoms with van der Waals surface area (Å²) in [4.78, 5) is 22.8. The summed E-state index contributed by atoms with van der Waals surface area (Å²) in [7, 11) is 1.50. The maximum Gasteiger partial charge on any atom is 0.319 e. The summed E-state index contributed by atoms with van der Waals surface area (Å²) < 4.78 is 4.24. The molecule has 1 aromatic heterocycles. The smallest absolute Gasteiger partial charge is 0.319 e. The molecule has 0 aromatic carbocycles. The van der Waals surface area contributed by atoms with Crippen LogP contribution in [-0.4, -0.2) is 23.4 Å². The van der Waals surface area contributed by atoms with E-state index in [-0.39, 0.29) is 5.92 Å². The van der Waals surface area contributed by atoms with Crippen molar-refractivity contribution < 1.29 is 9.59 Å². The highest BCUT2D eigenvalue weighted by atomic mass is 32.1. The maximum absolute atomic E-state index is 11.5. The van der Waals surface area contributed by atoms with E-state index in [1.54, 1.807) is 0 Å². The average molecular weight is 270 g/mol. The zero-order valence-electron chi connectivity index (χ0n) is 10.7. The summed E-state index contributed by atoms with van der Waals surface area (Å²) in [5.41, 5.74) is 6.36. The Balaban J connectivity index is 3.06. The lowest BCUT2D eigenvalue weighted by Gasteiger charge is -2.09. The molecule has 3 amide bonds. The molecule has 6 nitrogen and oxygen atoms in total. The van der Waals surface area contributed by atoms with Gasteiger partial charge < -0.3 is 11.1 Å². The van der Waals surface area contributed by atoms with Gasteiger partial charge in [-0.05, 0) is 18.0 Å². The number of amides is 3.